The standard InChI is InChI=1S/C18H14F3N3OS/c1-11-5-6-22-8-13(11)9-23-17-24-10-15(26-17)16(25)12-3-2-4-14(7-12)18(19,20)21/h2-8,10H,9H2,1H3,(H,23,24). The van der Waals surface area contributed by atoms with Gasteiger partial charge in [-0.15, -0.1) is 0 Å². The molecule has 3 aromatic rings. The molecule has 0 aliphatic rings. The minimum atomic E-state index is -4.49. The Bertz CT molecular complexity index is 937. The van der Waals surface area contributed by atoms with Gasteiger partial charge in [-0.3, -0.25) is 9.78 Å². The normalized spacial score (nSPS) is 11.4. The lowest BCUT2D eigenvalue weighted by Gasteiger charge is -2.07. The van der Waals surface area contributed by atoms with Crippen LogP contribution in [-0.4, -0.2) is 15.8 Å². The smallest absolute Gasteiger partial charge is 0.357 e. The molecule has 2 heterocycles. The van der Waals surface area contributed by atoms with Crippen molar-refractivity contribution in [3.63, 3.8) is 0 Å². The molecule has 2 aromatic heterocycles. The summed E-state index contributed by atoms with van der Waals surface area (Å²) in [7, 11) is 0. The molecule has 0 bridgehead atoms. The van der Waals surface area contributed by atoms with E-state index in [1.54, 1.807) is 12.4 Å². The zero-order chi connectivity index (χ0) is 18.7. The second-order valence-electron chi connectivity index (χ2n) is 5.59. The summed E-state index contributed by atoms with van der Waals surface area (Å²) < 4.78 is 38.4. The third kappa shape index (κ3) is 4.08. The summed E-state index contributed by atoms with van der Waals surface area (Å²) in [6.45, 7) is 2.45. The summed E-state index contributed by atoms with van der Waals surface area (Å²) in [5.41, 5.74) is 1.20. The van der Waals surface area contributed by atoms with Gasteiger partial charge in [-0.2, -0.15) is 13.2 Å². The van der Waals surface area contributed by atoms with Crippen molar-refractivity contribution in [2.24, 2.45) is 0 Å². The molecule has 8 heteroatoms. The number of rotatable bonds is 5. The Hall–Kier alpha value is -2.74. The van der Waals surface area contributed by atoms with Crippen LogP contribution in [-0.2, 0) is 12.7 Å². The van der Waals surface area contributed by atoms with Gasteiger partial charge in [-0.05, 0) is 36.2 Å². The number of pyridine rings is 1. The highest BCUT2D eigenvalue weighted by Crippen LogP contribution is 2.30. The lowest BCUT2D eigenvalue weighted by molar-refractivity contribution is -0.137. The maximum atomic E-state index is 12.8. The Labute approximate surface area is 151 Å². The fourth-order valence-electron chi connectivity index (χ4n) is 2.29. The van der Waals surface area contributed by atoms with Crippen LogP contribution in [0.15, 0.2) is 48.9 Å². The molecule has 0 saturated carbocycles. The summed E-state index contributed by atoms with van der Waals surface area (Å²) in [6, 6.07) is 6.27. The number of aryl methyl sites for hydroxylation is 1. The number of aromatic nitrogens is 2. The van der Waals surface area contributed by atoms with Crippen molar-refractivity contribution in [3.05, 3.63) is 76.1 Å². The largest absolute Gasteiger partial charge is 0.416 e. The topological polar surface area (TPSA) is 54.9 Å². The summed E-state index contributed by atoms with van der Waals surface area (Å²) in [5, 5.41) is 3.62. The van der Waals surface area contributed by atoms with Gasteiger partial charge in [0.25, 0.3) is 0 Å². The monoisotopic (exact) mass is 377 g/mol. The van der Waals surface area contributed by atoms with E-state index in [9.17, 15) is 18.0 Å². The molecule has 134 valence electrons. The van der Waals surface area contributed by atoms with E-state index in [1.807, 2.05) is 13.0 Å². The van der Waals surface area contributed by atoms with Crippen LogP contribution in [0.5, 0.6) is 0 Å². The number of anilines is 1. The first-order valence-electron chi connectivity index (χ1n) is 7.66. The molecule has 3 rings (SSSR count). The molecule has 0 unspecified atom stereocenters. The Morgan fingerprint density at radius 1 is 1.23 bits per heavy atom. The van der Waals surface area contributed by atoms with Crippen molar-refractivity contribution in [1.82, 2.24) is 9.97 Å². The Morgan fingerprint density at radius 2 is 2.04 bits per heavy atom. The van der Waals surface area contributed by atoms with Crippen molar-refractivity contribution in [3.8, 4) is 0 Å². The molecule has 1 aromatic carbocycles. The van der Waals surface area contributed by atoms with Crippen molar-refractivity contribution < 1.29 is 18.0 Å². The first-order valence-corrected chi connectivity index (χ1v) is 8.47. The molecule has 0 saturated heterocycles. The van der Waals surface area contributed by atoms with Gasteiger partial charge in [-0.1, -0.05) is 23.5 Å². The number of alkyl halides is 3. The number of nitrogens with one attached hydrogen (secondary N) is 1. The number of benzene rings is 1. The zero-order valence-corrected chi connectivity index (χ0v) is 14.5. The second kappa shape index (κ2) is 7.25. The maximum Gasteiger partial charge on any atom is 0.416 e. The first kappa shape index (κ1) is 18.1. The number of ketones is 1. The number of hydrogen-bond acceptors (Lipinski definition) is 5. The fourth-order valence-corrected chi connectivity index (χ4v) is 3.07. The molecule has 0 aliphatic heterocycles. The van der Waals surface area contributed by atoms with Gasteiger partial charge in [0.15, 0.2) is 5.13 Å². The van der Waals surface area contributed by atoms with E-state index in [1.165, 1.54) is 18.3 Å². The molecule has 4 nitrogen and oxygen atoms in total. The minimum Gasteiger partial charge on any atom is -0.357 e. The average molecular weight is 377 g/mol. The molecule has 0 atom stereocenters. The van der Waals surface area contributed by atoms with Crippen molar-refractivity contribution >= 4 is 22.3 Å². The van der Waals surface area contributed by atoms with Gasteiger partial charge in [0.05, 0.1) is 16.6 Å². The van der Waals surface area contributed by atoms with E-state index in [0.29, 0.717) is 11.7 Å². The predicted molar refractivity (Wildman–Crippen MR) is 93.3 cm³/mol. The highest BCUT2D eigenvalue weighted by atomic mass is 32.1. The number of halogens is 3. The van der Waals surface area contributed by atoms with Crippen LogP contribution in [0.3, 0.4) is 0 Å². The molecule has 1 N–H and O–H groups in total. The lowest BCUT2D eigenvalue weighted by atomic mass is 10.1. The van der Waals surface area contributed by atoms with Gasteiger partial charge in [0, 0.05) is 24.5 Å². The van der Waals surface area contributed by atoms with Crippen LogP contribution >= 0.6 is 11.3 Å². The summed E-state index contributed by atoms with van der Waals surface area (Å²) in [5.74, 6) is -0.487. The number of nitrogens with zero attached hydrogens (tertiary/aromatic N) is 2. The molecule has 0 spiro atoms. The van der Waals surface area contributed by atoms with E-state index >= 15 is 0 Å². The second-order valence-corrected chi connectivity index (χ2v) is 6.62. The SMILES string of the molecule is Cc1ccncc1CNc1ncc(C(=O)c2cccc(C(F)(F)F)c2)s1. The Kier molecular flexibility index (Phi) is 5.03. The van der Waals surface area contributed by atoms with Gasteiger partial charge >= 0.3 is 6.18 Å². The molecule has 0 radical (unpaired) electrons. The van der Waals surface area contributed by atoms with E-state index in [4.69, 9.17) is 0 Å². The third-order valence-corrected chi connectivity index (χ3v) is 4.71. The first-order chi connectivity index (χ1) is 12.3. The summed E-state index contributed by atoms with van der Waals surface area (Å²) in [4.78, 5) is 20.9. The van der Waals surface area contributed by atoms with Crippen LogP contribution in [0.1, 0.15) is 31.9 Å². The van der Waals surface area contributed by atoms with Crippen LogP contribution in [0.2, 0.25) is 0 Å². The molecule has 26 heavy (non-hydrogen) atoms. The molecular weight excluding hydrogens is 363 g/mol. The number of carbonyl (C=O) groups is 1. The van der Waals surface area contributed by atoms with E-state index in [-0.39, 0.29) is 10.4 Å². The van der Waals surface area contributed by atoms with Gasteiger partial charge < -0.3 is 5.32 Å². The van der Waals surface area contributed by atoms with E-state index in [0.717, 1.165) is 34.6 Å². The zero-order valence-electron chi connectivity index (χ0n) is 13.7. The minimum absolute atomic E-state index is 0.0156. The predicted octanol–water partition coefficient (Wildman–Crippen LogP) is 4.71. The van der Waals surface area contributed by atoms with E-state index in [2.05, 4.69) is 15.3 Å². The molecular formula is C18H14F3N3OS. The number of carbonyl (C=O) groups excluding carboxylic acids is 1. The van der Waals surface area contributed by atoms with Crippen molar-refractivity contribution in [2.75, 3.05) is 5.32 Å². The Morgan fingerprint density at radius 3 is 2.77 bits per heavy atom. The Balaban J connectivity index is 1.73. The maximum absolute atomic E-state index is 12.8. The molecule has 0 aliphatic carbocycles. The van der Waals surface area contributed by atoms with E-state index < -0.39 is 17.5 Å². The van der Waals surface area contributed by atoms with Crippen molar-refractivity contribution in [2.45, 2.75) is 19.6 Å². The van der Waals surface area contributed by atoms with Gasteiger partial charge in [-0.25, -0.2) is 4.98 Å². The van der Waals surface area contributed by atoms with Crippen molar-refractivity contribution in [1.29, 1.82) is 0 Å². The highest BCUT2D eigenvalue weighted by molar-refractivity contribution is 7.17. The van der Waals surface area contributed by atoms with Crippen LogP contribution in [0.4, 0.5) is 18.3 Å². The van der Waals surface area contributed by atoms with Gasteiger partial charge in [0.1, 0.15) is 0 Å². The number of hydrogen-bond donors (Lipinski definition) is 1. The highest BCUT2D eigenvalue weighted by Gasteiger charge is 2.31. The summed E-state index contributed by atoms with van der Waals surface area (Å²) >= 11 is 1.10. The van der Waals surface area contributed by atoms with Crippen LogP contribution < -0.4 is 5.32 Å². The fraction of sp³-hybridized carbons (Fsp3) is 0.167. The van der Waals surface area contributed by atoms with Crippen LogP contribution in [0, 0.1) is 6.92 Å². The third-order valence-electron chi connectivity index (χ3n) is 3.76. The number of thiazole rings is 1. The lowest BCUT2D eigenvalue weighted by Crippen LogP contribution is -2.07. The average Bonchev–Trinajstić information content (AvgIpc) is 3.09. The summed E-state index contributed by atoms with van der Waals surface area (Å²) in [6.07, 6.45) is 0.322. The quantitative estimate of drug-likeness (QED) is 0.655. The molecule has 0 fully saturated rings. The van der Waals surface area contributed by atoms with Gasteiger partial charge in [0.2, 0.25) is 5.78 Å². The molecule has 0 amide bonds. The van der Waals surface area contributed by atoms with Crippen LogP contribution in [0.25, 0.3) is 0 Å².